The second kappa shape index (κ2) is 12.6. The summed E-state index contributed by atoms with van der Waals surface area (Å²) in [6.07, 6.45) is -0.184. The fourth-order valence-electron chi connectivity index (χ4n) is 3.86. The SMILES string of the molecule is C=CCON=C(C(=O)N[C@@H]1C(=O)N2C(OC(=O)O)=C(CSc3nnc(-c4ccc(O)c(O)c4)o3)CS[C@@H]12)c1csc(N)n1. The minimum Gasteiger partial charge on any atom is -0.504 e. The molecule has 1 fully saturated rings. The third-order valence-corrected chi connectivity index (χ3v) is 8.71. The van der Waals surface area contributed by atoms with E-state index in [0.29, 0.717) is 11.1 Å². The lowest BCUT2D eigenvalue weighted by Gasteiger charge is -2.49. The molecule has 2 aliphatic heterocycles. The van der Waals surface area contributed by atoms with Gasteiger partial charge < -0.3 is 40.4 Å². The molecular weight excluding hydrogens is 627 g/mol. The van der Waals surface area contributed by atoms with Crippen LogP contribution in [0.25, 0.3) is 11.5 Å². The van der Waals surface area contributed by atoms with E-state index < -0.39 is 29.4 Å². The van der Waals surface area contributed by atoms with Gasteiger partial charge in [-0.15, -0.1) is 33.3 Å². The number of hydrogen-bond acceptors (Lipinski definition) is 16. The molecule has 19 heteroatoms. The Morgan fingerprint density at radius 1 is 1.33 bits per heavy atom. The van der Waals surface area contributed by atoms with Gasteiger partial charge in [-0.2, -0.15) is 0 Å². The molecule has 6 N–H and O–H groups in total. The number of carboxylic acid groups (broad SMARTS) is 1. The summed E-state index contributed by atoms with van der Waals surface area (Å²) in [6.45, 7) is 3.55. The number of phenols is 2. The highest BCUT2D eigenvalue weighted by Gasteiger charge is 2.54. The number of aromatic hydroxyl groups is 2. The van der Waals surface area contributed by atoms with Gasteiger partial charge >= 0.3 is 6.16 Å². The summed E-state index contributed by atoms with van der Waals surface area (Å²) >= 11 is 3.46. The molecule has 2 aliphatic rings. The number of oxime groups is 1. The number of nitrogens with two attached hydrogens (primary N) is 1. The summed E-state index contributed by atoms with van der Waals surface area (Å²) < 4.78 is 10.6. The van der Waals surface area contributed by atoms with E-state index in [-0.39, 0.29) is 63.1 Å². The van der Waals surface area contributed by atoms with Crippen LogP contribution in [0.1, 0.15) is 5.69 Å². The highest BCUT2D eigenvalue weighted by molar-refractivity contribution is 8.01. The van der Waals surface area contributed by atoms with Crippen LogP contribution in [0.2, 0.25) is 0 Å². The maximum Gasteiger partial charge on any atom is 0.512 e. The van der Waals surface area contributed by atoms with Gasteiger partial charge in [0.05, 0.1) is 0 Å². The Balaban J connectivity index is 1.29. The number of hydrogen-bond donors (Lipinski definition) is 5. The number of thioether (sulfide) groups is 2. The van der Waals surface area contributed by atoms with E-state index in [1.54, 1.807) is 0 Å². The predicted octanol–water partition coefficient (Wildman–Crippen LogP) is 2.19. The number of anilines is 1. The molecule has 224 valence electrons. The van der Waals surface area contributed by atoms with Gasteiger partial charge in [0.25, 0.3) is 17.0 Å². The normalized spacial score (nSPS) is 18.1. The number of carbonyl (C=O) groups excluding carboxylic acids is 2. The van der Waals surface area contributed by atoms with Crippen LogP contribution >= 0.6 is 34.9 Å². The zero-order valence-corrected chi connectivity index (χ0v) is 24.1. The number of fused-ring (bicyclic) bond motifs is 1. The average molecular weight is 648 g/mol. The Morgan fingerprint density at radius 3 is 2.84 bits per heavy atom. The molecule has 5 rings (SSSR count). The number of phenolic OH excluding ortho intramolecular Hbond substituents is 2. The molecule has 0 radical (unpaired) electrons. The first-order chi connectivity index (χ1) is 20.7. The summed E-state index contributed by atoms with van der Waals surface area (Å²) in [5, 5.41) is 44.1. The lowest BCUT2D eigenvalue weighted by Crippen LogP contribution is -2.70. The maximum absolute atomic E-state index is 13.2. The van der Waals surface area contributed by atoms with E-state index >= 15 is 0 Å². The Labute approximate surface area is 254 Å². The largest absolute Gasteiger partial charge is 0.512 e. The van der Waals surface area contributed by atoms with E-state index in [1.165, 1.54) is 41.4 Å². The Morgan fingerprint density at radius 2 is 2.14 bits per heavy atom. The van der Waals surface area contributed by atoms with E-state index in [9.17, 15) is 29.7 Å². The predicted molar refractivity (Wildman–Crippen MR) is 154 cm³/mol. The second-order valence-corrected chi connectivity index (χ2v) is 11.5. The van der Waals surface area contributed by atoms with Crippen LogP contribution in [0.4, 0.5) is 9.93 Å². The lowest BCUT2D eigenvalue weighted by atomic mass is 10.1. The van der Waals surface area contributed by atoms with E-state index in [1.807, 2.05) is 0 Å². The van der Waals surface area contributed by atoms with Crippen molar-refractivity contribution in [2.24, 2.45) is 5.16 Å². The van der Waals surface area contributed by atoms with Crippen molar-refractivity contribution in [2.45, 2.75) is 16.6 Å². The number of nitrogens with one attached hydrogen (secondary N) is 1. The van der Waals surface area contributed by atoms with Crippen molar-refractivity contribution in [1.29, 1.82) is 0 Å². The summed E-state index contributed by atoms with van der Waals surface area (Å²) in [5.74, 6) is -1.69. The van der Waals surface area contributed by atoms with Crippen LogP contribution in [0.15, 0.2) is 62.5 Å². The van der Waals surface area contributed by atoms with Gasteiger partial charge in [0.2, 0.25) is 11.8 Å². The Bertz CT molecular complexity index is 1650. The van der Waals surface area contributed by atoms with Crippen LogP contribution in [-0.4, -0.2) is 88.6 Å². The number of amides is 2. The zero-order chi connectivity index (χ0) is 30.7. The molecule has 0 aliphatic carbocycles. The molecule has 1 aromatic carbocycles. The lowest BCUT2D eigenvalue weighted by molar-refractivity contribution is -0.148. The van der Waals surface area contributed by atoms with Crippen LogP contribution < -0.4 is 11.1 Å². The van der Waals surface area contributed by atoms with Crippen molar-refractivity contribution in [1.82, 2.24) is 25.4 Å². The highest BCUT2D eigenvalue weighted by Crippen LogP contribution is 2.42. The number of rotatable bonds is 11. The van der Waals surface area contributed by atoms with Gasteiger partial charge in [0.15, 0.2) is 22.3 Å². The molecule has 2 atom stereocenters. The van der Waals surface area contributed by atoms with Crippen LogP contribution in [0.3, 0.4) is 0 Å². The number of carbonyl (C=O) groups is 3. The molecule has 2 amide bonds. The van der Waals surface area contributed by atoms with Gasteiger partial charge in [-0.25, -0.2) is 9.78 Å². The molecule has 1 saturated heterocycles. The first-order valence-corrected chi connectivity index (χ1v) is 15.0. The number of benzene rings is 1. The Hall–Kier alpha value is -4.75. The average Bonchev–Trinajstić information content (AvgIpc) is 3.63. The van der Waals surface area contributed by atoms with Crippen molar-refractivity contribution < 1.29 is 43.7 Å². The first-order valence-electron chi connectivity index (χ1n) is 12.1. The summed E-state index contributed by atoms with van der Waals surface area (Å²) in [4.78, 5) is 48.1. The number of β-lactam (4-membered cyclic amide) rings is 1. The van der Waals surface area contributed by atoms with Crippen LogP contribution in [0.5, 0.6) is 11.5 Å². The molecule has 0 unspecified atom stereocenters. The topological polar surface area (TPSA) is 236 Å². The quantitative estimate of drug-likeness (QED) is 0.0293. The highest BCUT2D eigenvalue weighted by atomic mass is 32.2. The molecule has 0 spiro atoms. The first kappa shape index (κ1) is 29.7. The smallest absolute Gasteiger partial charge is 0.504 e. The molecule has 16 nitrogen and oxygen atoms in total. The maximum atomic E-state index is 13.2. The fourth-order valence-corrected chi connectivity index (χ4v) is 6.62. The van der Waals surface area contributed by atoms with Gasteiger partial charge in [-0.05, 0) is 18.2 Å². The second-order valence-electron chi connectivity index (χ2n) is 8.60. The molecular formula is C24H21N7O9S3. The third-order valence-electron chi connectivity index (χ3n) is 5.79. The van der Waals surface area contributed by atoms with Crippen molar-refractivity contribution in [2.75, 3.05) is 23.8 Å². The number of aromatic nitrogens is 3. The molecule has 0 saturated carbocycles. The van der Waals surface area contributed by atoms with Gasteiger partial charge in [-0.1, -0.05) is 29.6 Å². The molecule has 0 bridgehead atoms. The summed E-state index contributed by atoms with van der Waals surface area (Å²) in [6, 6.07) is 3.00. The Kier molecular flexibility index (Phi) is 8.73. The zero-order valence-electron chi connectivity index (χ0n) is 21.7. The van der Waals surface area contributed by atoms with E-state index in [2.05, 4.69) is 32.2 Å². The molecule has 43 heavy (non-hydrogen) atoms. The van der Waals surface area contributed by atoms with Crippen molar-refractivity contribution >= 4 is 63.7 Å². The van der Waals surface area contributed by atoms with E-state index in [4.69, 9.17) is 19.7 Å². The minimum absolute atomic E-state index is 0.0256. The summed E-state index contributed by atoms with van der Waals surface area (Å²) in [5.41, 5.74) is 6.49. The van der Waals surface area contributed by atoms with Crippen LogP contribution in [0, 0.1) is 0 Å². The van der Waals surface area contributed by atoms with Crippen molar-refractivity contribution in [3.8, 4) is 23.0 Å². The van der Waals surface area contributed by atoms with Gasteiger partial charge in [-0.3, -0.25) is 14.5 Å². The number of thiazole rings is 1. The molecule has 3 aromatic rings. The monoisotopic (exact) mass is 647 g/mol. The minimum atomic E-state index is -1.62. The standard InChI is InChI=1S/C24H21N7O9S3/c1-2-5-38-30-15(12-9-42-22(25)26-12)17(34)27-16-19(35)31-20(40-24(36)37)11(7-41-21(16)31)8-43-23-29-28-18(39-23)10-3-4-13(32)14(33)6-10/h2-4,6,9,16,21,32-33H,1,5,7-8H2,(H2,25,26)(H,27,34)(H,36,37)/t16-,21+/m1/s1. The fraction of sp³-hybridized carbons (Fsp3) is 0.208. The third kappa shape index (κ3) is 6.37. The molecule has 2 aromatic heterocycles. The number of ether oxygens (including phenoxy) is 1. The number of nitrogen functional groups attached to an aromatic ring is 1. The van der Waals surface area contributed by atoms with Gasteiger partial charge in [0, 0.05) is 28.0 Å². The van der Waals surface area contributed by atoms with E-state index in [0.717, 1.165) is 28.0 Å². The summed E-state index contributed by atoms with van der Waals surface area (Å²) in [7, 11) is 0. The van der Waals surface area contributed by atoms with Crippen molar-refractivity contribution in [3.05, 3.63) is 53.4 Å². The van der Waals surface area contributed by atoms with Crippen molar-refractivity contribution in [3.63, 3.8) is 0 Å². The van der Waals surface area contributed by atoms with Gasteiger partial charge in [0.1, 0.15) is 23.7 Å². The van der Waals surface area contributed by atoms with Crippen LogP contribution in [-0.2, 0) is 19.2 Å². The molecule has 4 heterocycles. The number of nitrogens with zero attached hydrogens (tertiary/aromatic N) is 5.